The lowest BCUT2D eigenvalue weighted by molar-refractivity contribution is -0.118. The van der Waals surface area contributed by atoms with Crippen LogP contribution in [0, 0.1) is 17.8 Å². The normalized spacial score (nSPS) is 41.2. The SMILES string of the molecule is CC1CCC2C(OCO)C=CC(OCO)C2C1. The van der Waals surface area contributed by atoms with E-state index in [0.29, 0.717) is 17.8 Å². The van der Waals surface area contributed by atoms with Crippen molar-refractivity contribution in [1.29, 1.82) is 0 Å². The zero-order valence-electron chi connectivity index (χ0n) is 10.3. The monoisotopic (exact) mass is 242 g/mol. The largest absolute Gasteiger partial charge is 0.371 e. The minimum Gasteiger partial charge on any atom is -0.371 e. The Balaban J connectivity index is 2.10. The fourth-order valence-corrected chi connectivity index (χ4v) is 3.27. The average molecular weight is 242 g/mol. The summed E-state index contributed by atoms with van der Waals surface area (Å²) >= 11 is 0. The van der Waals surface area contributed by atoms with E-state index in [1.54, 1.807) is 0 Å². The molecular formula is C13H22O4. The van der Waals surface area contributed by atoms with Crippen LogP contribution < -0.4 is 0 Å². The fraction of sp³-hybridized carbons (Fsp3) is 0.846. The Morgan fingerprint density at radius 2 is 1.59 bits per heavy atom. The molecule has 0 bridgehead atoms. The van der Waals surface area contributed by atoms with Crippen molar-refractivity contribution in [3.8, 4) is 0 Å². The Kier molecular flexibility index (Phi) is 4.56. The van der Waals surface area contributed by atoms with Crippen LogP contribution in [0.5, 0.6) is 0 Å². The zero-order chi connectivity index (χ0) is 12.3. The summed E-state index contributed by atoms with van der Waals surface area (Å²) in [7, 11) is 0. The third-order valence-electron chi connectivity index (χ3n) is 4.09. The molecule has 17 heavy (non-hydrogen) atoms. The molecule has 0 aliphatic heterocycles. The van der Waals surface area contributed by atoms with Crippen LogP contribution in [-0.2, 0) is 9.47 Å². The van der Waals surface area contributed by atoms with Gasteiger partial charge < -0.3 is 19.7 Å². The first kappa shape index (κ1) is 13.0. The van der Waals surface area contributed by atoms with E-state index in [-0.39, 0.29) is 25.8 Å². The van der Waals surface area contributed by atoms with Crippen molar-refractivity contribution in [3.63, 3.8) is 0 Å². The van der Waals surface area contributed by atoms with E-state index in [4.69, 9.17) is 19.7 Å². The van der Waals surface area contributed by atoms with Gasteiger partial charge in [-0.3, -0.25) is 0 Å². The topological polar surface area (TPSA) is 58.9 Å². The molecule has 0 aromatic heterocycles. The molecule has 0 aromatic rings. The first-order valence-electron chi connectivity index (χ1n) is 6.39. The van der Waals surface area contributed by atoms with Crippen molar-refractivity contribution < 1.29 is 19.7 Å². The number of aliphatic hydroxyl groups is 2. The van der Waals surface area contributed by atoms with Crippen LogP contribution >= 0.6 is 0 Å². The second-order valence-corrected chi connectivity index (χ2v) is 5.15. The number of aliphatic hydroxyl groups excluding tert-OH is 2. The second-order valence-electron chi connectivity index (χ2n) is 5.15. The van der Waals surface area contributed by atoms with Gasteiger partial charge in [0.2, 0.25) is 0 Å². The minimum absolute atomic E-state index is 0.00366. The first-order chi connectivity index (χ1) is 8.26. The molecule has 5 atom stereocenters. The van der Waals surface area contributed by atoms with Crippen molar-refractivity contribution >= 4 is 0 Å². The van der Waals surface area contributed by atoms with E-state index in [0.717, 1.165) is 12.8 Å². The van der Waals surface area contributed by atoms with Crippen LogP contribution in [0.25, 0.3) is 0 Å². The van der Waals surface area contributed by atoms with Gasteiger partial charge >= 0.3 is 0 Å². The number of hydrogen-bond acceptors (Lipinski definition) is 4. The summed E-state index contributed by atoms with van der Waals surface area (Å²) in [4.78, 5) is 0. The van der Waals surface area contributed by atoms with Crippen molar-refractivity contribution in [2.24, 2.45) is 17.8 Å². The van der Waals surface area contributed by atoms with Gasteiger partial charge in [0.1, 0.15) is 13.6 Å². The molecule has 0 aromatic carbocycles. The maximum atomic E-state index is 8.92. The molecule has 0 saturated heterocycles. The molecule has 2 N–H and O–H groups in total. The Morgan fingerprint density at radius 3 is 2.18 bits per heavy atom. The molecule has 0 amide bonds. The smallest absolute Gasteiger partial charge is 0.144 e. The highest BCUT2D eigenvalue weighted by molar-refractivity contribution is 5.09. The van der Waals surface area contributed by atoms with Crippen LogP contribution in [0.1, 0.15) is 26.2 Å². The molecule has 1 saturated carbocycles. The van der Waals surface area contributed by atoms with Crippen molar-refractivity contribution in [2.75, 3.05) is 13.6 Å². The molecule has 2 rings (SSSR count). The molecule has 2 aliphatic rings. The molecule has 0 heterocycles. The van der Waals surface area contributed by atoms with Crippen LogP contribution in [0.2, 0.25) is 0 Å². The molecule has 1 fully saturated rings. The predicted molar refractivity (Wildman–Crippen MR) is 63.1 cm³/mol. The van der Waals surface area contributed by atoms with Gasteiger partial charge in [0.05, 0.1) is 12.2 Å². The third kappa shape index (κ3) is 2.88. The number of ether oxygens (including phenoxy) is 2. The zero-order valence-corrected chi connectivity index (χ0v) is 10.3. The van der Waals surface area contributed by atoms with E-state index in [1.807, 2.05) is 12.2 Å². The summed E-state index contributed by atoms with van der Waals surface area (Å²) < 4.78 is 10.7. The third-order valence-corrected chi connectivity index (χ3v) is 4.09. The summed E-state index contributed by atoms with van der Waals surface area (Å²) in [6.45, 7) is 1.78. The van der Waals surface area contributed by atoms with Crippen LogP contribution in [0.15, 0.2) is 12.2 Å². The van der Waals surface area contributed by atoms with Gasteiger partial charge in [-0.2, -0.15) is 0 Å². The molecule has 0 radical (unpaired) electrons. The summed E-state index contributed by atoms with van der Waals surface area (Å²) in [5.74, 6) is 1.50. The van der Waals surface area contributed by atoms with Crippen molar-refractivity contribution in [1.82, 2.24) is 0 Å². The number of rotatable bonds is 4. The first-order valence-corrected chi connectivity index (χ1v) is 6.39. The van der Waals surface area contributed by atoms with Crippen molar-refractivity contribution in [2.45, 2.75) is 38.4 Å². The molecular weight excluding hydrogens is 220 g/mol. The summed E-state index contributed by atoms with van der Waals surface area (Å²) in [5, 5.41) is 17.8. The Hall–Kier alpha value is -0.420. The lowest BCUT2D eigenvalue weighted by Crippen LogP contribution is -2.43. The summed E-state index contributed by atoms with van der Waals surface area (Å²) in [6, 6.07) is 0. The van der Waals surface area contributed by atoms with Gasteiger partial charge in [-0.1, -0.05) is 25.5 Å². The number of hydrogen-bond donors (Lipinski definition) is 2. The Labute approximate surface area is 102 Å². The van der Waals surface area contributed by atoms with E-state index >= 15 is 0 Å². The van der Waals surface area contributed by atoms with Gasteiger partial charge in [-0.05, 0) is 30.6 Å². The molecule has 5 unspecified atom stereocenters. The standard InChI is InChI=1S/C13H22O4/c1-9-2-3-10-11(6-9)13(17-8-15)5-4-12(10)16-7-14/h4-5,9-15H,2-3,6-8H2,1H3. The molecule has 98 valence electrons. The molecule has 0 spiro atoms. The maximum Gasteiger partial charge on any atom is 0.144 e. The molecule has 4 nitrogen and oxygen atoms in total. The minimum atomic E-state index is -0.238. The van der Waals surface area contributed by atoms with E-state index in [1.165, 1.54) is 6.42 Å². The second kappa shape index (κ2) is 5.96. The van der Waals surface area contributed by atoms with Gasteiger partial charge in [-0.15, -0.1) is 0 Å². The number of fused-ring (bicyclic) bond motifs is 1. The van der Waals surface area contributed by atoms with Gasteiger partial charge in [0.25, 0.3) is 0 Å². The van der Waals surface area contributed by atoms with E-state index < -0.39 is 0 Å². The fourth-order valence-electron chi connectivity index (χ4n) is 3.27. The van der Waals surface area contributed by atoms with Crippen LogP contribution in [-0.4, -0.2) is 36.0 Å². The highest BCUT2D eigenvalue weighted by atomic mass is 16.6. The van der Waals surface area contributed by atoms with Crippen LogP contribution in [0.3, 0.4) is 0 Å². The highest BCUT2D eigenvalue weighted by Gasteiger charge is 2.40. The lowest BCUT2D eigenvalue weighted by Gasteiger charge is -2.43. The van der Waals surface area contributed by atoms with Gasteiger partial charge in [-0.25, -0.2) is 0 Å². The predicted octanol–water partition coefficient (Wildman–Crippen LogP) is 1.28. The summed E-state index contributed by atoms with van der Waals surface area (Å²) in [5.41, 5.74) is 0. The van der Waals surface area contributed by atoms with Crippen LogP contribution in [0.4, 0.5) is 0 Å². The molecule has 4 heteroatoms. The quantitative estimate of drug-likeness (QED) is 0.576. The summed E-state index contributed by atoms with van der Waals surface area (Å²) in [6.07, 6.45) is 7.33. The van der Waals surface area contributed by atoms with Gasteiger partial charge in [0.15, 0.2) is 0 Å². The van der Waals surface area contributed by atoms with Crippen molar-refractivity contribution in [3.05, 3.63) is 12.2 Å². The maximum absolute atomic E-state index is 8.92. The Morgan fingerprint density at radius 1 is 1.00 bits per heavy atom. The van der Waals surface area contributed by atoms with E-state index in [9.17, 15) is 0 Å². The Bertz CT molecular complexity index is 266. The molecule has 2 aliphatic carbocycles. The highest BCUT2D eigenvalue weighted by Crippen LogP contribution is 2.42. The average Bonchev–Trinajstić information content (AvgIpc) is 2.32. The van der Waals surface area contributed by atoms with Gasteiger partial charge in [0, 0.05) is 0 Å². The lowest BCUT2D eigenvalue weighted by atomic mass is 9.67. The van der Waals surface area contributed by atoms with E-state index in [2.05, 4.69) is 6.92 Å².